The molecule has 3 heteroatoms. The van der Waals surface area contributed by atoms with E-state index in [9.17, 15) is 0 Å². The van der Waals surface area contributed by atoms with E-state index < -0.39 is 0 Å². The summed E-state index contributed by atoms with van der Waals surface area (Å²) in [4.78, 5) is 0. The van der Waals surface area contributed by atoms with Crippen LogP contribution in [0.3, 0.4) is 0 Å². The van der Waals surface area contributed by atoms with Crippen molar-refractivity contribution in [3.8, 4) is 0 Å². The van der Waals surface area contributed by atoms with E-state index in [1.165, 1.54) is 22.0 Å². The van der Waals surface area contributed by atoms with Crippen molar-refractivity contribution in [2.45, 2.75) is 13.0 Å². The van der Waals surface area contributed by atoms with Crippen LogP contribution in [0.2, 0.25) is 0 Å². The maximum atomic E-state index is 5.64. The molecule has 3 rings (SSSR count). The number of hydrogen-bond acceptors (Lipinski definition) is 1. The Morgan fingerprint density at radius 2 is 2.21 bits per heavy atom. The number of benzene rings is 1. The topological polar surface area (TPSA) is 17.0 Å². The highest BCUT2D eigenvalue weighted by Gasteiger charge is 2.12. The van der Waals surface area contributed by atoms with Crippen molar-refractivity contribution in [1.29, 1.82) is 0 Å². The van der Waals surface area contributed by atoms with Gasteiger partial charge in [0.2, 0.25) is 0 Å². The SMILES string of the molecule is Cl/C=C/Cn1cc(C2=CCNCC2)c2ccccc21. The second-order valence-electron chi connectivity index (χ2n) is 4.76. The van der Waals surface area contributed by atoms with E-state index in [1.54, 1.807) is 5.54 Å². The summed E-state index contributed by atoms with van der Waals surface area (Å²) >= 11 is 5.64. The number of nitrogens with zero attached hydrogens (tertiary/aromatic N) is 1. The minimum absolute atomic E-state index is 0.815. The summed E-state index contributed by atoms with van der Waals surface area (Å²) in [5.74, 6) is 0. The number of halogens is 1. The molecule has 0 atom stereocenters. The third-order valence-electron chi connectivity index (χ3n) is 3.59. The lowest BCUT2D eigenvalue weighted by atomic mass is 10.00. The van der Waals surface area contributed by atoms with Crippen LogP contribution in [0.1, 0.15) is 12.0 Å². The van der Waals surface area contributed by atoms with Gasteiger partial charge in [0, 0.05) is 41.3 Å². The van der Waals surface area contributed by atoms with Crippen molar-refractivity contribution >= 4 is 28.1 Å². The Morgan fingerprint density at radius 3 is 3.00 bits per heavy atom. The average Bonchev–Trinajstić information content (AvgIpc) is 2.85. The maximum Gasteiger partial charge on any atom is 0.0489 e. The van der Waals surface area contributed by atoms with E-state index in [0.717, 1.165) is 26.1 Å². The first kappa shape index (κ1) is 12.5. The third-order valence-corrected chi connectivity index (χ3v) is 3.77. The molecule has 2 nitrogen and oxygen atoms in total. The van der Waals surface area contributed by atoms with Gasteiger partial charge in [0.05, 0.1) is 0 Å². The summed E-state index contributed by atoms with van der Waals surface area (Å²) < 4.78 is 2.26. The van der Waals surface area contributed by atoms with Gasteiger partial charge in [-0.05, 0) is 24.6 Å². The molecule has 0 unspecified atom stereocenters. The highest BCUT2D eigenvalue weighted by atomic mass is 35.5. The van der Waals surface area contributed by atoms with E-state index in [-0.39, 0.29) is 0 Å². The van der Waals surface area contributed by atoms with E-state index >= 15 is 0 Å². The largest absolute Gasteiger partial charge is 0.343 e. The van der Waals surface area contributed by atoms with E-state index in [0.29, 0.717) is 0 Å². The van der Waals surface area contributed by atoms with Crippen LogP contribution < -0.4 is 5.32 Å². The Balaban J connectivity index is 2.11. The molecule has 98 valence electrons. The number of aromatic nitrogens is 1. The smallest absolute Gasteiger partial charge is 0.0489 e. The molecule has 0 saturated carbocycles. The van der Waals surface area contributed by atoms with Crippen molar-refractivity contribution in [1.82, 2.24) is 9.88 Å². The van der Waals surface area contributed by atoms with Crippen LogP contribution in [0.25, 0.3) is 16.5 Å². The maximum absolute atomic E-state index is 5.64. The molecule has 1 aliphatic heterocycles. The summed E-state index contributed by atoms with van der Waals surface area (Å²) in [5, 5.41) is 4.69. The van der Waals surface area contributed by atoms with Crippen molar-refractivity contribution in [2.24, 2.45) is 0 Å². The molecule has 1 aromatic carbocycles. The fourth-order valence-corrected chi connectivity index (χ4v) is 2.75. The molecule has 0 amide bonds. The lowest BCUT2D eigenvalue weighted by Gasteiger charge is -2.13. The molecule has 0 radical (unpaired) electrons. The van der Waals surface area contributed by atoms with Gasteiger partial charge in [-0.15, -0.1) is 0 Å². The summed E-state index contributed by atoms with van der Waals surface area (Å²) in [7, 11) is 0. The highest BCUT2D eigenvalue weighted by Crippen LogP contribution is 2.29. The minimum atomic E-state index is 0.815. The van der Waals surface area contributed by atoms with Crippen LogP contribution in [-0.4, -0.2) is 17.7 Å². The van der Waals surface area contributed by atoms with Gasteiger partial charge >= 0.3 is 0 Å². The summed E-state index contributed by atoms with van der Waals surface area (Å²) in [6.07, 6.45) is 7.61. The molecule has 1 aromatic heterocycles. The van der Waals surface area contributed by atoms with Gasteiger partial charge in [-0.1, -0.05) is 42.0 Å². The first-order valence-corrected chi connectivity index (χ1v) is 7.07. The van der Waals surface area contributed by atoms with Gasteiger partial charge in [-0.3, -0.25) is 0 Å². The lowest BCUT2D eigenvalue weighted by molar-refractivity contribution is 0.738. The molecule has 0 aliphatic carbocycles. The van der Waals surface area contributed by atoms with Crippen molar-refractivity contribution in [2.75, 3.05) is 13.1 Å². The van der Waals surface area contributed by atoms with Gasteiger partial charge in [-0.25, -0.2) is 0 Å². The number of rotatable bonds is 3. The molecule has 1 N–H and O–H groups in total. The van der Waals surface area contributed by atoms with Crippen LogP contribution in [0, 0.1) is 0 Å². The van der Waals surface area contributed by atoms with Crippen LogP contribution in [0.5, 0.6) is 0 Å². The second kappa shape index (κ2) is 5.64. The van der Waals surface area contributed by atoms with Gasteiger partial charge in [0.15, 0.2) is 0 Å². The van der Waals surface area contributed by atoms with E-state index in [2.05, 4.69) is 46.4 Å². The standard InChI is InChI=1S/C16H17ClN2/c17-8-3-11-19-12-15(13-6-9-18-10-7-13)14-4-1-2-5-16(14)19/h1-6,8,12,18H,7,9-11H2/b8-3+. The van der Waals surface area contributed by atoms with Gasteiger partial charge in [0.1, 0.15) is 0 Å². The number of fused-ring (bicyclic) bond motifs is 1. The fraction of sp³-hybridized carbons (Fsp3) is 0.250. The normalized spacial score (nSPS) is 16.2. The van der Waals surface area contributed by atoms with Crippen LogP contribution in [0.15, 0.2) is 48.1 Å². The molecule has 0 bridgehead atoms. The van der Waals surface area contributed by atoms with E-state index in [1.807, 2.05) is 6.08 Å². The van der Waals surface area contributed by atoms with Crippen molar-refractivity contribution in [3.05, 3.63) is 53.7 Å². The van der Waals surface area contributed by atoms with Gasteiger partial charge in [-0.2, -0.15) is 0 Å². The van der Waals surface area contributed by atoms with Crippen LogP contribution in [0.4, 0.5) is 0 Å². The van der Waals surface area contributed by atoms with Gasteiger partial charge in [0.25, 0.3) is 0 Å². The molecule has 2 heterocycles. The van der Waals surface area contributed by atoms with Crippen LogP contribution in [-0.2, 0) is 6.54 Å². The molecule has 1 aliphatic rings. The zero-order valence-corrected chi connectivity index (χ0v) is 11.5. The number of hydrogen-bond donors (Lipinski definition) is 1. The molecular weight excluding hydrogens is 256 g/mol. The Labute approximate surface area is 118 Å². The fourth-order valence-electron chi connectivity index (χ4n) is 2.67. The zero-order valence-electron chi connectivity index (χ0n) is 10.8. The Morgan fingerprint density at radius 1 is 1.32 bits per heavy atom. The van der Waals surface area contributed by atoms with E-state index in [4.69, 9.17) is 11.6 Å². The Kier molecular flexibility index (Phi) is 3.72. The Hall–Kier alpha value is -1.51. The number of nitrogens with one attached hydrogen (secondary N) is 1. The molecule has 0 fully saturated rings. The summed E-state index contributed by atoms with van der Waals surface area (Å²) in [6, 6.07) is 8.57. The molecular formula is C16H17ClN2. The Bertz CT molecular complexity index is 637. The van der Waals surface area contributed by atoms with Crippen molar-refractivity contribution < 1.29 is 0 Å². The highest BCUT2D eigenvalue weighted by molar-refractivity contribution is 6.25. The van der Waals surface area contributed by atoms with Gasteiger partial charge < -0.3 is 9.88 Å². The number of para-hydroxylation sites is 1. The molecule has 19 heavy (non-hydrogen) atoms. The third kappa shape index (κ3) is 2.46. The average molecular weight is 273 g/mol. The first-order valence-electron chi connectivity index (χ1n) is 6.63. The predicted molar refractivity (Wildman–Crippen MR) is 82.4 cm³/mol. The second-order valence-corrected chi connectivity index (χ2v) is 5.01. The van der Waals surface area contributed by atoms with Crippen LogP contribution >= 0.6 is 11.6 Å². The minimum Gasteiger partial charge on any atom is -0.343 e. The number of allylic oxidation sites excluding steroid dienone is 1. The lowest BCUT2D eigenvalue weighted by Crippen LogP contribution is -2.19. The predicted octanol–water partition coefficient (Wildman–Crippen LogP) is 3.77. The summed E-state index contributed by atoms with van der Waals surface area (Å²) in [6.45, 7) is 2.85. The molecule has 0 spiro atoms. The van der Waals surface area contributed by atoms with Crippen molar-refractivity contribution in [3.63, 3.8) is 0 Å². The monoisotopic (exact) mass is 272 g/mol. The molecule has 2 aromatic rings. The first-order chi connectivity index (χ1) is 9.40. The zero-order chi connectivity index (χ0) is 13.1. The summed E-state index contributed by atoms with van der Waals surface area (Å²) in [5.41, 5.74) is 5.66. The quantitative estimate of drug-likeness (QED) is 0.900. The molecule has 0 saturated heterocycles.